The van der Waals surface area contributed by atoms with Gasteiger partial charge in [0, 0.05) is 19.0 Å². The number of carbonyl (C=O) groups is 1. The van der Waals surface area contributed by atoms with Gasteiger partial charge in [0.1, 0.15) is 11.8 Å². The van der Waals surface area contributed by atoms with Crippen LogP contribution in [0.3, 0.4) is 0 Å². The number of rotatable bonds is 5. The largest absolute Gasteiger partial charge is 0.469 e. The molecule has 0 radical (unpaired) electrons. The maximum atomic E-state index is 12.2. The standard InChI is InChI=1S/C13H20N2O4S/c1-10(9-11-5-4-8-19-11)14-13(16)12-6-3-7-15(12)20(2,17)18/h4-5,8,10,12H,3,6-7,9H2,1-2H3,(H,14,16)/t10-,12+/m0/s1. The second-order valence-electron chi connectivity index (χ2n) is 5.22. The molecule has 0 aromatic carbocycles. The molecule has 1 aromatic heterocycles. The highest BCUT2D eigenvalue weighted by Gasteiger charge is 2.36. The summed E-state index contributed by atoms with van der Waals surface area (Å²) in [7, 11) is -3.33. The zero-order chi connectivity index (χ0) is 14.8. The molecule has 1 aromatic rings. The number of nitrogens with one attached hydrogen (secondary N) is 1. The third-order valence-corrected chi connectivity index (χ3v) is 4.70. The fourth-order valence-electron chi connectivity index (χ4n) is 2.52. The average Bonchev–Trinajstić information content (AvgIpc) is 2.96. The molecule has 0 unspecified atom stereocenters. The van der Waals surface area contributed by atoms with Gasteiger partial charge < -0.3 is 9.73 Å². The van der Waals surface area contributed by atoms with Gasteiger partial charge in [-0.2, -0.15) is 4.31 Å². The highest BCUT2D eigenvalue weighted by atomic mass is 32.2. The first-order valence-electron chi connectivity index (χ1n) is 6.67. The normalized spacial score (nSPS) is 21.8. The number of nitrogens with zero attached hydrogens (tertiary/aromatic N) is 1. The fourth-order valence-corrected chi connectivity index (χ4v) is 3.64. The van der Waals surface area contributed by atoms with E-state index in [2.05, 4.69) is 5.32 Å². The molecule has 2 atom stereocenters. The van der Waals surface area contributed by atoms with Crippen molar-refractivity contribution < 1.29 is 17.6 Å². The van der Waals surface area contributed by atoms with E-state index in [1.165, 1.54) is 4.31 Å². The number of hydrogen-bond acceptors (Lipinski definition) is 4. The summed E-state index contributed by atoms with van der Waals surface area (Å²) in [6.07, 6.45) is 4.62. The highest BCUT2D eigenvalue weighted by Crippen LogP contribution is 2.20. The molecule has 0 spiro atoms. The molecule has 2 rings (SSSR count). The van der Waals surface area contributed by atoms with E-state index in [0.29, 0.717) is 19.4 Å². The molecule has 0 saturated carbocycles. The van der Waals surface area contributed by atoms with Crippen molar-refractivity contribution in [3.63, 3.8) is 0 Å². The zero-order valence-corrected chi connectivity index (χ0v) is 12.5. The Morgan fingerprint density at radius 2 is 2.35 bits per heavy atom. The Morgan fingerprint density at radius 1 is 1.60 bits per heavy atom. The van der Waals surface area contributed by atoms with Gasteiger partial charge in [-0.3, -0.25) is 4.79 Å². The van der Waals surface area contributed by atoms with Crippen LogP contribution in [0.25, 0.3) is 0 Å². The summed E-state index contributed by atoms with van der Waals surface area (Å²) in [6, 6.07) is 2.97. The molecule has 1 N–H and O–H groups in total. The Bertz CT molecular complexity index is 553. The SMILES string of the molecule is C[C@@H](Cc1ccco1)NC(=O)[C@H]1CCCN1S(C)(=O)=O. The summed E-state index contributed by atoms with van der Waals surface area (Å²) in [5, 5.41) is 2.86. The zero-order valence-electron chi connectivity index (χ0n) is 11.7. The van der Waals surface area contributed by atoms with Crippen LogP contribution in [0.4, 0.5) is 0 Å². The molecule has 112 valence electrons. The van der Waals surface area contributed by atoms with Crippen LogP contribution in [0.1, 0.15) is 25.5 Å². The molecule has 20 heavy (non-hydrogen) atoms. The van der Waals surface area contributed by atoms with Gasteiger partial charge in [0.15, 0.2) is 0 Å². The molecule has 0 bridgehead atoms. The van der Waals surface area contributed by atoms with Crippen molar-refractivity contribution in [1.29, 1.82) is 0 Å². The maximum absolute atomic E-state index is 12.2. The van der Waals surface area contributed by atoms with E-state index in [-0.39, 0.29) is 11.9 Å². The first-order valence-corrected chi connectivity index (χ1v) is 8.52. The van der Waals surface area contributed by atoms with E-state index in [4.69, 9.17) is 4.42 Å². The molecule has 0 aliphatic carbocycles. The van der Waals surface area contributed by atoms with Crippen LogP contribution in [0.5, 0.6) is 0 Å². The second-order valence-corrected chi connectivity index (χ2v) is 7.16. The number of amides is 1. The summed E-state index contributed by atoms with van der Waals surface area (Å²) >= 11 is 0. The quantitative estimate of drug-likeness (QED) is 0.870. The summed E-state index contributed by atoms with van der Waals surface area (Å²) in [4.78, 5) is 12.2. The van der Waals surface area contributed by atoms with Gasteiger partial charge in [0.05, 0.1) is 12.5 Å². The van der Waals surface area contributed by atoms with Crippen molar-refractivity contribution in [3.05, 3.63) is 24.2 Å². The van der Waals surface area contributed by atoms with Crippen molar-refractivity contribution in [3.8, 4) is 0 Å². The molecule has 7 heteroatoms. The third kappa shape index (κ3) is 3.61. The fraction of sp³-hybridized carbons (Fsp3) is 0.615. The van der Waals surface area contributed by atoms with Crippen LogP contribution in [-0.4, -0.2) is 43.5 Å². The Kier molecular flexibility index (Phi) is 4.49. The number of hydrogen-bond donors (Lipinski definition) is 1. The lowest BCUT2D eigenvalue weighted by Gasteiger charge is -2.23. The van der Waals surface area contributed by atoms with Crippen molar-refractivity contribution in [1.82, 2.24) is 9.62 Å². The first-order chi connectivity index (χ1) is 9.38. The lowest BCUT2D eigenvalue weighted by Crippen LogP contribution is -2.48. The summed E-state index contributed by atoms with van der Waals surface area (Å²) in [6.45, 7) is 2.30. The van der Waals surface area contributed by atoms with E-state index < -0.39 is 16.1 Å². The number of carbonyl (C=O) groups excluding carboxylic acids is 1. The van der Waals surface area contributed by atoms with E-state index in [9.17, 15) is 13.2 Å². The topological polar surface area (TPSA) is 79.6 Å². The molecule has 1 fully saturated rings. The van der Waals surface area contributed by atoms with Gasteiger partial charge in [-0.05, 0) is 31.9 Å². The van der Waals surface area contributed by atoms with Crippen molar-refractivity contribution in [2.45, 2.75) is 38.3 Å². The number of sulfonamides is 1. The third-order valence-electron chi connectivity index (χ3n) is 3.41. The van der Waals surface area contributed by atoms with Crippen LogP contribution in [0, 0.1) is 0 Å². The van der Waals surface area contributed by atoms with E-state index in [1.54, 1.807) is 12.3 Å². The molecular weight excluding hydrogens is 280 g/mol. The van der Waals surface area contributed by atoms with Crippen molar-refractivity contribution in [2.24, 2.45) is 0 Å². The Labute approximate surface area is 119 Å². The van der Waals surface area contributed by atoms with E-state index in [0.717, 1.165) is 18.4 Å². The Morgan fingerprint density at radius 3 is 2.95 bits per heavy atom. The van der Waals surface area contributed by atoms with Crippen molar-refractivity contribution in [2.75, 3.05) is 12.8 Å². The lowest BCUT2D eigenvalue weighted by molar-refractivity contribution is -0.124. The minimum absolute atomic E-state index is 0.101. The first kappa shape index (κ1) is 15.1. The lowest BCUT2D eigenvalue weighted by atomic mass is 10.1. The van der Waals surface area contributed by atoms with Crippen LogP contribution < -0.4 is 5.32 Å². The Hall–Kier alpha value is -1.34. The molecule has 1 saturated heterocycles. The second kappa shape index (κ2) is 5.97. The van der Waals surface area contributed by atoms with Gasteiger partial charge in [-0.25, -0.2) is 8.42 Å². The summed E-state index contributed by atoms with van der Waals surface area (Å²) < 4.78 is 29.8. The molecule has 1 aliphatic heterocycles. The monoisotopic (exact) mass is 300 g/mol. The predicted octanol–water partition coefficient (Wildman–Crippen LogP) is 0.751. The smallest absolute Gasteiger partial charge is 0.238 e. The van der Waals surface area contributed by atoms with Crippen LogP contribution in [-0.2, 0) is 21.2 Å². The van der Waals surface area contributed by atoms with Crippen molar-refractivity contribution >= 4 is 15.9 Å². The average molecular weight is 300 g/mol. The Balaban J connectivity index is 1.94. The van der Waals surface area contributed by atoms with Gasteiger partial charge in [-0.1, -0.05) is 0 Å². The number of furan rings is 1. The van der Waals surface area contributed by atoms with Crippen LogP contribution >= 0.6 is 0 Å². The van der Waals surface area contributed by atoms with E-state index in [1.807, 2.05) is 13.0 Å². The van der Waals surface area contributed by atoms with Crippen LogP contribution in [0.2, 0.25) is 0 Å². The minimum atomic E-state index is -3.33. The predicted molar refractivity (Wildman–Crippen MR) is 74.6 cm³/mol. The van der Waals surface area contributed by atoms with E-state index >= 15 is 0 Å². The van der Waals surface area contributed by atoms with Gasteiger partial charge in [0.25, 0.3) is 0 Å². The molecule has 6 nitrogen and oxygen atoms in total. The minimum Gasteiger partial charge on any atom is -0.469 e. The van der Waals surface area contributed by atoms with Gasteiger partial charge in [-0.15, -0.1) is 0 Å². The summed E-state index contributed by atoms with van der Waals surface area (Å²) in [5.41, 5.74) is 0. The molecule has 1 amide bonds. The highest BCUT2D eigenvalue weighted by molar-refractivity contribution is 7.88. The maximum Gasteiger partial charge on any atom is 0.238 e. The molecule has 1 aliphatic rings. The summed E-state index contributed by atoms with van der Waals surface area (Å²) in [5.74, 6) is 0.566. The van der Waals surface area contributed by atoms with Gasteiger partial charge in [0.2, 0.25) is 15.9 Å². The van der Waals surface area contributed by atoms with Crippen LogP contribution in [0.15, 0.2) is 22.8 Å². The molecular formula is C13H20N2O4S. The molecule has 2 heterocycles. The van der Waals surface area contributed by atoms with Gasteiger partial charge >= 0.3 is 0 Å².